The number of aromatic nitrogens is 1. The maximum absolute atomic E-state index is 13.4. The second-order valence-corrected chi connectivity index (χ2v) is 12.9. The number of pyridine rings is 1. The van der Waals surface area contributed by atoms with Gasteiger partial charge in [0.25, 0.3) is 0 Å². The van der Waals surface area contributed by atoms with Crippen LogP contribution in [0.4, 0.5) is 15.4 Å². The zero-order valence-electron chi connectivity index (χ0n) is 25.2. The summed E-state index contributed by atoms with van der Waals surface area (Å²) >= 11 is 0. The third-order valence-corrected chi connectivity index (χ3v) is 6.54. The molecule has 1 aromatic heterocycles. The summed E-state index contributed by atoms with van der Waals surface area (Å²) in [6.45, 7) is 20.0. The lowest BCUT2D eigenvalue weighted by Crippen LogP contribution is -2.45. The van der Waals surface area contributed by atoms with E-state index in [1.165, 1.54) is 6.20 Å². The first-order valence-corrected chi connectivity index (χ1v) is 13.4. The fourth-order valence-electron chi connectivity index (χ4n) is 3.87. The number of anilines is 1. The van der Waals surface area contributed by atoms with Crippen molar-refractivity contribution in [3.8, 4) is 5.75 Å². The van der Waals surface area contributed by atoms with Gasteiger partial charge in [0.1, 0.15) is 17.3 Å². The molecule has 2 aliphatic rings. The maximum Gasteiger partial charge on any atom is 0.496 e. The van der Waals surface area contributed by atoms with E-state index in [1.807, 2.05) is 40.7 Å². The Bertz CT molecular complexity index is 1100. The van der Waals surface area contributed by atoms with E-state index < -0.39 is 47.8 Å². The third kappa shape index (κ3) is 7.63. The van der Waals surface area contributed by atoms with E-state index in [2.05, 4.69) is 17.1 Å². The Kier molecular flexibility index (Phi) is 8.63. The number of amides is 2. The molecule has 1 unspecified atom stereocenters. The van der Waals surface area contributed by atoms with Gasteiger partial charge in [0.15, 0.2) is 11.6 Å². The number of carbonyl (C=O) groups is 2. The first-order valence-electron chi connectivity index (χ1n) is 13.4. The number of nitrogens with zero attached hydrogens (tertiary/aromatic N) is 2. The fraction of sp³-hybridized carbons (Fsp3) is 0.621. The molecule has 2 amide bonds. The van der Waals surface area contributed by atoms with Crippen molar-refractivity contribution in [3.05, 3.63) is 36.1 Å². The van der Waals surface area contributed by atoms with Gasteiger partial charge in [-0.1, -0.05) is 18.2 Å². The van der Waals surface area contributed by atoms with Gasteiger partial charge >= 0.3 is 19.3 Å². The second kappa shape index (κ2) is 11.0. The summed E-state index contributed by atoms with van der Waals surface area (Å²) in [7, 11) is -0.723. The number of hydrogen-bond acceptors (Lipinski definition) is 8. The van der Waals surface area contributed by atoms with Crippen molar-refractivity contribution in [3.63, 3.8) is 0 Å². The first kappa shape index (κ1) is 30.7. The predicted octanol–water partition coefficient (Wildman–Crippen LogP) is 6.10. The van der Waals surface area contributed by atoms with Crippen LogP contribution in [0.25, 0.3) is 0 Å². The molecule has 0 radical (unpaired) electrons. The Balaban J connectivity index is 2.10. The van der Waals surface area contributed by atoms with Gasteiger partial charge in [-0.25, -0.2) is 14.6 Å². The van der Waals surface area contributed by atoms with Gasteiger partial charge in [0, 0.05) is 11.7 Å². The molecule has 0 bridgehead atoms. The molecule has 0 aromatic carbocycles. The average molecular weight is 542 g/mol. The van der Waals surface area contributed by atoms with Crippen LogP contribution in [0, 0.1) is 0 Å². The van der Waals surface area contributed by atoms with Gasteiger partial charge in [-0.3, -0.25) is 0 Å². The van der Waals surface area contributed by atoms with E-state index in [0.29, 0.717) is 5.46 Å². The Morgan fingerprint density at radius 2 is 1.51 bits per heavy atom. The van der Waals surface area contributed by atoms with Crippen molar-refractivity contribution >= 4 is 30.6 Å². The number of allylic oxidation sites excluding steroid dienone is 2. The lowest BCUT2D eigenvalue weighted by molar-refractivity contribution is 0.00578. The molecule has 1 saturated heterocycles. The monoisotopic (exact) mass is 542 g/mol. The highest BCUT2D eigenvalue weighted by atomic mass is 16.7. The van der Waals surface area contributed by atoms with Gasteiger partial charge in [0.05, 0.1) is 11.2 Å². The average Bonchev–Trinajstić information content (AvgIpc) is 2.99. The summed E-state index contributed by atoms with van der Waals surface area (Å²) < 4.78 is 30.0. The highest BCUT2D eigenvalue weighted by molar-refractivity contribution is 6.62. The molecule has 0 spiro atoms. The van der Waals surface area contributed by atoms with Crippen LogP contribution in [0.1, 0.15) is 89.0 Å². The number of rotatable bonds is 5. The summed E-state index contributed by atoms with van der Waals surface area (Å²) in [5.74, 6) is 0.136. The van der Waals surface area contributed by atoms with E-state index in [4.69, 9.17) is 23.5 Å². The molecule has 0 saturated carbocycles. The van der Waals surface area contributed by atoms with E-state index in [0.717, 1.165) is 23.3 Å². The SMILES string of the molecule is CC(Oc1cc(B2OC(C)(C)C(C)(C)O2)cnc1N(C(=O)OC(C)(C)C)C(=O)OC(C)(C)C)C1=CCCC=C1. The smallest absolute Gasteiger partial charge is 0.482 e. The van der Waals surface area contributed by atoms with Crippen LogP contribution >= 0.6 is 0 Å². The van der Waals surface area contributed by atoms with Crippen LogP contribution in [0.5, 0.6) is 5.75 Å². The fourth-order valence-corrected chi connectivity index (χ4v) is 3.87. The minimum atomic E-state index is -0.929. The van der Waals surface area contributed by atoms with E-state index in [1.54, 1.807) is 47.6 Å². The summed E-state index contributed by atoms with van der Waals surface area (Å²) in [5.41, 5.74) is -1.31. The van der Waals surface area contributed by atoms with Crippen LogP contribution in [0.15, 0.2) is 36.1 Å². The van der Waals surface area contributed by atoms with E-state index in [-0.39, 0.29) is 11.6 Å². The summed E-state index contributed by atoms with van der Waals surface area (Å²) in [6.07, 6.45) is 7.33. The van der Waals surface area contributed by atoms with Gasteiger partial charge < -0.3 is 23.5 Å². The molecule has 9 nitrogen and oxygen atoms in total. The topological polar surface area (TPSA) is 96.4 Å². The number of imide groups is 1. The van der Waals surface area contributed by atoms with Crippen LogP contribution in [-0.4, -0.2) is 52.8 Å². The van der Waals surface area contributed by atoms with Gasteiger partial charge in [0.2, 0.25) is 0 Å². The molecule has 1 fully saturated rings. The highest BCUT2D eigenvalue weighted by Crippen LogP contribution is 2.37. The van der Waals surface area contributed by atoms with Gasteiger partial charge in [-0.2, -0.15) is 4.90 Å². The normalized spacial score (nSPS) is 19.3. The van der Waals surface area contributed by atoms with E-state index in [9.17, 15) is 9.59 Å². The molecule has 1 aliphatic carbocycles. The second-order valence-electron chi connectivity index (χ2n) is 12.9. The van der Waals surface area contributed by atoms with Gasteiger partial charge in [-0.15, -0.1) is 0 Å². The zero-order chi connectivity index (χ0) is 29.4. The quantitative estimate of drug-likeness (QED) is 0.412. The molecule has 39 heavy (non-hydrogen) atoms. The Morgan fingerprint density at radius 1 is 0.974 bits per heavy atom. The zero-order valence-corrected chi connectivity index (χ0v) is 25.2. The summed E-state index contributed by atoms with van der Waals surface area (Å²) in [5, 5.41) is 0. The molecular weight excluding hydrogens is 499 g/mol. The molecule has 1 aromatic rings. The first-order chi connectivity index (χ1) is 17.8. The number of ether oxygens (including phenoxy) is 3. The Labute approximate surface area is 233 Å². The Morgan fingerprint density at radius 3 is 1.97 bits per heavy atom. The molecule has 1 aliphatic heterocycles. The van der Waals surface area contributed by atoms with Crippen molar-refractivity contribution < 1.29 is 33.1 Å². The molecule has 0 N–H and O–H groups in total. The van der Waals surface area contributed by atoms with E-state index >= 15 is 0 Å². The maximum atomic E-state index is 13.4. The summed E-state index contributed by atoms with van der Waals surface area (Å²) in [6, 6.07) is 1.69. The van der Waals surface area contributed by atoms with Crippen molar-refractivity contribution in [2.75, 3.05) is 4.90 Å². The van der Waals surface area contributed by atoms with Crippen LogP contribution in [-0.2, 0) is 18.8 Å². The molecule has 214 valence electrons. The molecule has 3 rings (SSSR count). The minimum Gasteiger partial charge on any atom is -0.482 e. The lowest BCUT2D eigenvalue weighted by Gasteiger charge is -2.32. The van der Waals surface area contributed by atoms with Crippen molar-refractivity contribution in [1.29, 1.82) is 0 Å². The molecular formula is C29H43BN2O7. The largest absolute Gasteiger partial charge is 0.496 e. The van der Waals surface area contributed by atoms with Crippen LogP contribution < -0.4 is 15.1 Å². The highest BCUT2D eigenvalue weighted by Gasteiger charge is 2.52. The summed E-state index contributed by atoms with van der Waals surface area (Å²) in [4.78, 5) is 32.0. The Hall–Kier alpha value is -2.85. The molecule has 2 heterocycles. The van der Waals surface area contributed by atoms with Crippen molar-refractivity contribution in [2.45, 2.75) is 118 Å². The van der Waals surface area contributed by atoms with Crippen molar-refractivity contribution in [2.24, 2.45) is 0 Å². The number of hydrogen-bond donors (Lipinski definition) is 0. The molecule has 10 heteroatoms. The van der Waals surface area contributed by atoms with Crippen molar-refractivity contribution in [1.82, 2.24) is 4.98 Å². The molecule has 1 atom stereocenters. The van der Waals surface area contributed by atoms with Crippen LogP contribution in [0.2, 0.25) is 0 Å². The minimum absolute atomic E-state index is 0.0500. The van der Waals surface area contributed by atoms with Gasteiger partial charge in [-0.05, 0) is 101 Å². The number of carbonyl (C=O) groups excluding carboxylic acids is 2. The standard InChI is InChI=1S/C29H43BN2O7/c1-19(20-15-13-12-14-16-20)35-22-17-21(30-38-28(8,9)29(10,11)39-30)18-31-23(22)32(24(33)36-26(2,3)4)25(34)37-27(5,6)7/h13,15-19H,12,14H2,1-11H3. The van der Waals surface area contributed by atoms with Crippen LogP contribution in [0.3, 0.4) is 0 Å². The predicted molar refractivity (Wildman–Crippen MR) is 151 cm³/mol. The third-order valence-electron chi connectivity index (χ3n) is 6.54. The lowest BCUT2D eigenvalue weighted by atomic mass is 9.80.